The zero-order valence-corrected chi connectivity index (χ0v) is 13.0. The number of aliphatic hydroxyl groups is 1. The van der Waals surface area contributed by atoms with Crippen molar-refractivity contribution in [3.05, 3.63) is 21.9 Å². The number of amides is 1. The Kier molecular flexibility index (Phi) is 6.24. The van der Waals surface area contributed by atoms with Gasteiger partial charge >= 0.3 is 0 Å². The largest absolute Gasteiger partial charge is 0.384 e. The number of thiophene rings is 1. The average Bonchev–Trinajstić information content (AvgIpc) is 2.88. The van der Waals surface area contributed by atoms with Crippen molar-refractivity contribution in [2.24, 2.45) is 5.92 Å². The highest BCUT2D eigenvalue weighted by molar-refractivity contribution is 7.10. The van der Waals surface area contributed by atoms with Crippen molar-refractivity contribution in [3.63, 3.8) is 0 Å². The zero-order valence-electron chi connectivity index (χ0n) is 12.2. The van der Waals surface area contributed by atoms with Gasteiger partial charge in [-0.3, -0.25) is 4.79 Å². The first-order valence-corrected chi connectivity index (χ1v) is 8.15. The van der Waals surface area contributed by atoms with Gasteiger partial charge in [-0.05, 0) is 37.1 Å². The summed E-state index contributed by atoms with van der Waals surface area (Å²) in [5, 5.41) is 13.6. The molecule has 4 nitrogen and oxygen atoms in total. The molecule has 2 rings (SSSR count). The summed E-state index contributed by atoms with van der Waals surface area (Å²) >= 11 is 1.57. The van der Waals surface area contributed by atoms with E-state index in [0.29, 0.717) is 25.0 Å². The summed E-state index contributed by atoms with van der Waals surface area (Å²) in [7, 11) is 0. The van der Waals surface area contributed by atoms with Crippen LogP contribution in [0.3, 0.4) is 0 Å². The summed E-state index contributed by atoms with van der Waals surface area (Å²) in [6, 6.07) is 1.91. The second-order valence-electron chi connectivity index (χ2n) is 5.11. The van der Waals surface area contributed by atoms with Crippen molar-refractivity contribution < 1.29 is 14.6 Å². The van der Waals surface area contributed by atoms with E-state index in [1.807, 2.05) is 18.4 Å². The fourth-order valence-electron chi connectivity index (χ4n) is 2.45. The average molecular weight is 307 g/mol. The van der Waals surface area contributed by atoms with Crippen molar-refractivity contribution in [2.75, 3.05) is 13.2 Å². The predicted octanol–water partition coefficient (Wildman–Crippen LogP) is 1.91. The van der Waals surface area contributed by atoms with Crippen LogP contribution in [0.15, 0.2) is 11.4 Å². The Labute approximate surface area is 129 Å². The number of carbonyl (C=O) groups is 1. The van der Waals surface area contributed by atoms with Crippen LogP contribution in [0.25, 0.3) is 0 Å². The Bertz CT molecular complexity index is 523. The maximum atomic E-state index is 11.9. The quantitative estimate of drug-likeness (QED) is 0.789. The second-order valence-corrected chi connectivity index (χ2v) is 6.11. The van der Waals surface area contributed by atoms with Gasteiger partial charge in [-0.2, -0.15) is 0 Å². The van der Waals surface area contributed by atoms with E-state index in [1.165, 1.54) is 0 Å². The number of ether oxygens (including phenoxy) is 1. The third-order valence-electron chi connectivity index (χ3n) is 3.56. The minimum Gasteiger partial charge on any atom is -0.384 e. The van der Waals surface area contributed by atoms with Gasteiger partial charge in [-0.15, -0.1) is 11.3 Å². The first kappa shape index (κ1) is 16.0. The van der Waals surface area contributed by atoms with Gasteiger partial charge in [-0.25, -0.2) is 0 Å². The summed E-state index contributed by atoms with van der Waals surface area (Å²) < 4.78 is 5.50. The number of aliphatic hydroxyl groups excluding tert-OH is 1. The number of carbonyl (C=O) groups excluding carboxylic acids is 1. The molecule has 1 aromatic heterocycles. The summed E-state index contributed by atoms with van der Waals surface area (Å²) in [6.07, 6.45) is 2.92. The first-order chi connectivity index (χ1) is 10.2. The molecule has 1 fully saturated rings. The zero-order chi connectivity index (χ0) is 15.1. The predicted molar refractivity (Wildman–Crippen MR) is 82.9 cm³/mol. The van der Waals surface area contributed by atoms with E-state index >= 15 is 0 Å². The second kappa shape index (κ2) is 8.18. The van der Waals surface area contributed by atoms with E-state index in [1.54, 1.807) is 11.3 Å². The first-order valence-electron chi connectivity index (χ1n) is 7.27. The van der Waals surface area contributed by atoms with Crippen LogP contribution < -0.4 is 5.32 Å². The molecule has 1 aliphatic rings. The van der Waals surface area contributed by atoms with Crippen molar-refractivity contribution in [1.29, 1.82) is 0 Å². The van der Waals surface area contributed by atoms with Crippen LogP contribution in [-0.4, -0.2) is 30.3 Å². The van der Waals surface area contributed by atoms with Gasteiger partial charge in [-0.1, -0.05) is 11.8 Å². The molecule has 1 amide bonds. The van der Waals surface area contributed by atoms with Crippen LogP contribution in [0.2, 0.25) is 0 Å². The minimum atomic E-state index is -0.148. The molecule has 114 valence electrons. The Morgan fingerprint density at radius 1 is 1.57 bits per heavy atom. The molecule has 0 aromatic carbocycles. The SMILES string of the molecule is CCOC1CC(CC(=O)NCc2sccc2C#CCO)C1. The molecule has 0 radical (unpaired) electrons. The third-order valence-corrected chi connectivity index (χ3v) is 4.48. The van der Waals surface area contributed by atoms with E-state index in [-0.39, 0.29) is 12.5 Å². The number of nitrogens with one attached hydrogen (secondary N) is 1. The lowest BCUT2D eigenvalue weighted by atomic mass is 9.80. The van der Waals surface area contributed by atoms with E-state index in [4.69, 9.17) is 9.84 Å². The van der Waals surface area contributed by atoms with E-state index in [2.05, 4.69) is 17.2 Å². The van der Waals surface area contributed by atoms with Crippen molar-refractivity contribution in [2.45, 2.75) is 38.8 Å². The Balaban J connectivity index is 1.71. The van der Waals surface area contributed by atoms with E-state index < -0.39 is 0 Å². The topological polar surface area (TPSA) is 58.6 Å². The molecule has 5 heteroatoms. The highest BCUT2D eigenvalue weighted by Crippen LogP contribution is 2.32. The number of rotatable bonds is 6. The Hall–Kier alpha value is -1.35. The van der Waals surface area contributed by atoms with Gasteiger partial charge in [0.15, 0.2) is 0 Å². The maximum absolute atomic E-state index is 11.9. The van der Waals surface area contributed by atoms with Crippen molar-refractivity contribution in [3.8, 4) is 11.8 Å². The summed E-state index contributed by atoms with van der Waals surface area (Å²) in [6.45, 7) is 3.11. The molecule has 1 heterocycles. The lowest BCUT2D eigenvalue weighted by molar-refractivity contribution is -0.124. The molecule has 0 aliphatic heterocycles. The number of hydrogen-bond donors (Lipinski definition) is 2. The molecule has 0 spiro atoms. The van der Waals surface area contributed by atoms with Crippen LogP contribution in [0.4, 0.5) is 0 Å². The molecule has 1 aliphatic carbocycles. The van der Waals surface area contributed by atoms with E-state index in [0.717, 1.165) is 29.9 Å². The van der Waals surface area contributed by atoms with Gasteiger partial charge in [0.2, 0.25) is 5.91 Å². The van der Waals surface area contributed by atoms with Gasteiger partial charge in [0.25, 0.3) is 0 Å². The fourth-order valence-corrected chi connectivity index (χ4v) is 3.22. The molecule has 0 saturated heterocycles. The van der Waals surface area contributed by atoms with E-state index in [9.17, 15) is 4.79 Å². The lowest BCUT2D eigenvalue weighted by Crippen LogP contribution is -2.35. The summed E-state index contributed by atoms with van der Waals surface area (Å²) in [4.78, 5) is 12.9. The van der Waals surface area contributed by atoms with Gasteiger partial charge in [0.05, 0.1) is 12.6 Å². The molecular formula is C16H21NO3S. The molecule has 0 unspecified atom stereocenters. The highest BCUT2D eigenvalue weighted by atomic mass is 32.1. The summed E-state index contributed by atoms with van der Waals surface area (Å²) in [5.41, 5.74) is 0.884. The lowest BCUT2D eigenvalue weighted by Gasteiger charge is -2.34. The normalized spacial score (nSPS) is 20.3. The van der Waals surface area contributed by atoms with Gasteiger partial charge < -0.3 is 15.2 Å². The number of hydrogen-bond acceptors (Lipinski definition) is 4. The summed E-state index contributed by atoms with van der Waals surface area (Å²) in [5.74, 6) is 6.07. The maximum Gasteiger partial charge on any atom is 0.220 e. The van der Waals surface area contributed by atoms with Crippen LogP contribution in [0.5, 0.6) is 0 Å². The molecule has 1 aromatic rings. The van der Waals surface area contributed by atoms with Crippen molar-refractivity contribution in [1.82, 2.24) is 5.32 Å². The third kappa shape index (κ3) is 4.85. The molecule has 2 N–H and O–H groups in total. The van der Waals surface area contributed by atoms with Crippen LogP contribution in [-0.2, 0) is 16.1 Å². The van der Waals surface area contributed by atoms with Crippen LogP contribution in [0.1, 0.15) is 36.6 Å². The smallest absolute Gasteiger partial charge is 0.220 e. The molecule has 0 bridgehead atoms. The van der Waals surface area contributed by atoms with Gasteiger partial charge in [0, 0.05) is 23.5 Å². The van der Waals surface area contributed by atoms with Crippen LogP contribution in [0, 0.1) is 17.8 Å². The highest BCUT2D eigenvalue weighted by Gasteiger charge is 2.30. The standard InChI is InChI=1S/C16H21NO3S/c1-2-20-14-8-12(9-14)10-16(19)17-11-15-13(4-3-6-18)5-7-21-15/h5,7,12,14,18H,2,6,8-11H2,1H3,(H,17,19). The Morgan fingerprint density at radius 2 is 2.38 bits per heavy atom. The molecule has 21 heavy (non-hydrogen) atoms. The molecule has 0 atom stereocenters. The monoisotopic (exact) mass is 307 g/mol. The van der Waals surface area contributed by atoms with Gasteiger partial charge in [0.1, 0.15) is 6.61 Å². The Morgan fingerprint density at radius 3 is 3.10 bits per heavy atom. The fraction of sp³-hybridized carbons (Fsp3) is 0.562. The minimum absolute atomic E-state index is 0.0874. The van der Waals surface area contributed by atoms with Crippen LogP contribution >= 0.6 is 11.3 Å². The molecular weight excluding hydrogens is 286 g/mol. The molecule has 1 saturated carbocycles. The van der Waals surface area contributed by atoms with Crippen molar-refractivity contribution >= 4 is 17.2 Å².